The van der Waals surface area contributed by atoms with Crippen LogP contribution in [0.25, 0.3) is 0 Å². The van der Waals surface area contributed by atoms with Crippen molar-refractivity contribution in [3.8, 4) is 0 Å². The SMILES string of the molecule is Cc1cccc(C)c1N1CC=C[C@]23O[C@@]4(C)C=CCN(Cc5ccccc5)C(=O)[C@H]4[C@H]2C(=O)N(CCO)C3C1=O. The molecule has 1 unspecified atom stereocenters. The molecule has 40 heavy (non-hydrogen) atoms. The predicted octanol–water partition coefficient (Wildman–Crippen LogP) is 2.77. The van der Waals surface area contributed by atoms with E-state index in [0.717, 1.165) is 22.4 Å². The van der Waals surface area contributed by atoms with Crippen molar-refractivity contribution in [2.75, 3.05) is 31.1 Å². The van der Waals surface area contributed by atoms with Crippen molar-refractivity contribution in [1.29, 1.82) is 0 Å². The quantitative estimate of drug-likeness (QED) is 0.588. The summed E-state index contributed by atoms with van der Waals surface area (Å²) in [5.74, 6) is -2.51. The van der Waals surface area contributed by atoms with Crippen molar-refractivity contribution in [2.45, 2.75) is 44.6 Å². The topological polar surface area (TPSA) is 90.4 Å². The van der Waals surface area contributed by atoms with Gasteiger partial charge >= 0.3 is 0 Å². The molecule has 0 aliphatic carbocycles. The number of likely N-dealkylation sites (tertiary alicyclic amines) is 1. The van der Waals surface area contributed by atoms with E-state index in [4.69, 9.17) is 4.74 Å². The van der Waals surface area contributed by atoms with Crippen molar-refractivity contribution in [1.82, 2.24) is 9.80 Å². The van der Waals surface area contributed by atoms with Crippen LogP contribution in [0.15, 0.2) is 72.8 Å². The molecule has 1 spiro atoms. The Morgan fingerprint density at radius 1 is 0.875 bits per heavy atom. The molecular weight excluding hydrogens is 506 g/mol. The molecule has 208 valence electrons. The maximum Gasteiger partial charge on any atom is 0.253 e. The number of aryl methyl sites for hydroxylation is 2. The van der Waals surface area contributed by atoms with Gasteiger partial charge in [0.1, 0.15) is 11.6 Å². The summed E-state index contributed by atoms with van der Waals surface area (Å²) in [6.45, 7) is 6.56. The highest BCUT2D eigenvalue weighted by molar-refractivity contribution is 6.06. The summed E-state index contributed by atoms with van der Waals surface area (Å²) >= 11 is 0. The molecule has 2 fully saturated rings. The highest BCUT2D eigenvalue weighted by Crippen LogP contribution is 2.57. The van der Waals surface area contributed by atoms with Crippen molar-refractivity contribution < 1.29 is 24.2 Å². The second-order valence-electron chi connectivity index (χ2n) is 11.5. The van der Waals surface area contributed by atoms with Gasteiger partial charge in [0.2, 0.25) is 11.8 Å². The molecule has 0 saturated carbocycles. The number of amides is 3. The number of nitrogens with zero attached hydrogens (tertiary/aromatic N) is 3. The molecule has 0 radical (unpaired) electrons. The summed E-state index contributed by atoms with van der Waals surface area (Å²) < 4.78 is 6.85. The molecule has 5 atom stereocenters. The Balaban J connectivity index is 1.44. The number of anilines is 1. The van der Waals surface area contributed by atoms with Gasteiger partial charge in [-0.05, 0) is 37.5 Å². The van der Waals surface area contributed by atoms with E-state index in [2.05, 4.69) is 0 Å². The molecule has 4 aliphatic rings. The lowest BCUT2D eigenvalue weighted by atomic mass is 9.74. The van der Waals surface area contributed by atoms with Crippen LogP contribution >= 0.6 is 0 Å². The second-order valence-corrected chi connectivity index (χ2v) is 11.5. The minimum Gasteiger partial charge on any atom is -0.395 e. The van der Waals surface area contributed by atoms with E-state index < -0.39 is 29.1 Å². The number of aliphatic hydroxyl groups excluding tert-OH is 1. The summed E-state index contributed by atoms with van der Waals surface area (Å²) in [7, 11) is 0. The molecule has 6 rings (SSSR count). The van der Waals surface area contributed by atoms with Gasteiger partial charge in [0.15, 0.2) is 0 Å². The third-order valence-electron chi connectivity index (χ3n) is 8.91. The lowest BCUT2D eigenvalue weighted by Gasteiger charge is -2.37. The molecule has 0 aromatic heterocycles. The van der Waals surface area contributed by atoms with Gasteiger partial charge < -0.3 is 24.5 Å². The van der Waals surface area contributed by atoms with Crippen LogP contribution in [-0.2, 0) is 25.7 Å². The molecule has 8 nitrogen and oxygen atoms in total. The van der Waals surface area contributed by atoms with Crippen molar-refractivity contribution in [3.63, 3.8) is 0 Å². The number of carbonyl (C=O) groups excluding carboxylic acids is 3. The molecule has 3 amide bonds. The predicted molar refractivity (Wildman–Crippen MR) is 150 cm³/mol. The molecule has 8 heteroatoms. The van der Waals surface area contributed by atoms with Crippen LogP contribution in [0.1, 0.15) is 23.6 Å². The van der Waals surface area contributed by atoms with Crippen LogP contribution in [0, 0.1) is 25.7 Å². The number of carbonyl (C=O) groups is 3. The molecule has 4 aliphatic heterocycles. The van der Waals surface area contributed by atoms with Gasteiger partial charge in [-0.25, -0.2) is 0 Å². The number of aliphatic hydroxyl groups is 1. The molecule has 2 aromatic carbocycles. The summed E-state index contributed by atoms with van der Waals surface area (Å²) in [6.07, 6.45) is 7.54. The average Bonchev–Trinajstić information content (AvgIpc) is 3.19. The smallest absolute Gasteiger partial charge is 0.253 e. The van der Waals surface area contributed by atoms with Crippen LogP contribution in [0.2, 0.25) is 0 Å². The first-order valence-electron chi connectivity index (χ1n) is 13.9. The van der Waals surface area contributed by atoms with Crippen LogP contribution < -0.4 is 4.90 Å². The van der Waals surface area contributed by atoms with E-state index in [1.54, 1.807) is 9.80 Å². The second kappa shape index (κ2) is 9.71. The highest BCUT2D eigenvalue weighted by Gasteiger charge is 2.74. The standard InChI is InChI=1S/C32H35N3O5/c1-21-10-7-11-22(2)26(21)34-17-9-15-32-25(29(38)35(18-19-36)27(32)30(34)39)24-28(37)33(16-8-14-31(24,3)40-32)20-23-12-5-4-6-13-23/h4-15,24-25,27,36H,16-20H2,1-3H3/t24-,25+,27?,31+,32+/m1/s1. The fraction of sp³-hybridized carbons (Fsp3) is 0.406. The first-order valence-corrected chi connectivity index (χ1v) is 13.9. The first-order chi connectivity index (χ1) is 19.2. The van der Waals surface area contributed by atoms with Crippen LogP contribution in [0.3, 0.4) is 0 Å². The van der Waals surface area contributed by atoms with E-state index in [0.29, 0.717) is 19.6 Å². The number of hydrogen-bond acceptors (Lipinski definition) is 5. The van der Waals surface area contributed by atoms with Gasteiger partial charge in [0.25, 0.3) is 5.91 Å². The number of fused-ring (bicyclic) bond motifs is 2. The van der Waals surface area contributed by atoms with Crippen molar-refractivity contribution in [3.05, 3.63) is 89.5 Å². The van der Waals surface area contributed by atoms with Gasteiger partial charge in [0.05, 0.1) is 24.0 Å². The molecular formula is C32H35N3O5. The molecule has 2 aromatic rings. The Hall–Kier alpha value is -3.75. The summed E-state index contributed by atoms with van der Waals surface area (Å²) in [5.41, 5.74) is 1.28. The normalized spacial score (nSPS) is 31.2. The minimum atomic E-state index is -1.34. The minimum absolute atomic E-state index is 0.0214. The Morgan fingerprint density at radius 2 is 1.57 bits per heavy atom. The Morgan fingerprint density at radius 3 is 2.27 bits per heavy atom. The van der Waals surface area contributed by atoms with E-state index in [1.807, 2.05) is 93.6 Å². The fourth-order valence-corrected chi connectivity index (χ4v) is 7.30. The molecule has 0 bridgehead atoms. The summed E-state index contributed by atoms with van der Waals surface area (Å²) in [4.78, 5) is 47.9. The van der Waals surface area contributed by atoms with E-state index in [1.165, 1.54) is 4.90 Å². The van der Waals surface area contributed by atoms with E-state index in [-0.39, 0.29) is 30.9 Å². The lowest BCUT2D eigenvalue weighted by Crippen LogP contribution is -2.56. The Labute approximate surface area is 234 Å². The van der Waals surface area contributed by atoms with Crippen LogP contribution in [-0.4, -0.2) is 76.1 Å². The lowest BCUT2D eigenvalue weighted by molar-refractivity contribution is -0.149. The fourth-order valence-electron chi connectivity index (χ4n) is 7.30. The Bertz CT molecular complexity index is 1400. The number of para-hydroxylation sites is 1. The van der Waals surface area contributed by atoms with Gasteiger partial charge in [-0.2, -0.15) is 0 Å². The zero-order chi connectivity index (χ0) is 28.2. The van der Waals surface area contributed by atoms with Gasteiger partial charge in [-0.15, -0.1) is 0 Å². The first kappa shape index (κ1) is 26.5. The summed E-state index contributed by atoms with van der Waals surface area (Å²) in [5, 5.41) is 9.95. The van der Waals surface area contributed by atoms with Crippen LogP contribution in [0.5, 0.6) is 0 Å². The zero-order valence-corrected chi connectivity index (χ0v) is 23.1. The zero-order valence-electron chi connectivity index (χ0n) is 23.1. The summed E-state index contributed by atoms with van der Waals surface area (Å²) in [6, 6.07) is 14.6. The van der Waals surface area contributed by atoms with Crippen molar-refractivity contribution in [2.24, 2.45) is 11.8 Å². The highest BCUT2D eigenvalue weighted by atomic mass is 16.5. The number of β-amino-alcohol motifs (C(OH)–C–C–N with tert-alkyl or cyclic N) is 1. The monoisotopic (exact) mass is 541 g/mol. The number of rotatable bonds is 5. The Kier molecular flexibility index (Phi) is 6.43. The third-order valence-corrected chi connectivity index (χ3v) is 8.91. The van der Waals surface area contributed by atoms with E-state index in [9.17, 15) is 19.5 Å². The maximum absolute atomic E-state index is 14.5. The largest absolute Gasteiger partial charge is 0.395 e. The third kappa shape index (κ3) is 3.84. The van der Waals surface area contributed by atoms with Gasteiger partial charge in [0, 0.05) is 31.9 Å². The maximum atomic E-state index is 14.5. The molecule has 2 saturated heterocycles. The number of hydrogen-bond donors (Lipinski definition) is 1. The van der Waals surface area contributed by atoms with E-state index >= 15 is 0 Å². The van der Waals surface area contributed by atoms with Gasteiger partial charge in [-0.3, -0.25) is 14.4 Å². The van der Waals surface area contributed by atoms with Gasteiger partial charge in [-0.1, -0.05) is 72.8 Å². The molecule has 4 heterocycles. The van der Waals surface area contributed by atoms with Crippen molar-refractivity contribution >= 4 is 23.4 Å². The average molecular weight is 542 g/mol. The van der Waals surface area contributed by atoms with Crippen LogP contribution in [0.4, 0.5) is 5.69 Å². The number of benzene rings is 2. The number of ether oxygens (including phenoxy) is 1. The molecule has 1 N–H and O–H groups in total.